The minimum Gasteiger partial charge on any atom is -0.398 e. The average molecular weight is 363 g/mol. The number of nitrogens with two attached hydrogens (primary N) is 1. The van der Waals surface area contributed by atoms with Crippen LogP contribution in [-0.4, -0.2) is 26.7 Å². The highest BCUT2D eigenvalue weighted by Gasteiger charge is 2.34. The lowest BCUT2D eigenvalue weighted by Crippen LogP contribution is -2.38. The molecule has 1 fully saturated rings. The molecule has 112 valence electrons. The molecular weight excluding hydrogens is 344 g/mol. The zero-order valence-electron chi connectivity index (χ0n) is 11.1. The van der Waals surface area contributed by atoms with Gasteiger partial charge in [-0.3, -0.25) is 0 Å². The van der Waals surface area contributed by atoms with Gasteiger partial charge >= 0.3 is 0 Å². The van der Waals surface area contributed by atoms with Gasteiger partial charge in [0, 0.05) is 28.7 Å². The van der Waals surface area contributed by atoms with E-state index >= 15 is 0 Å². The smallest absolute Gasteiger partial charge is 0.240 e. The molecule has 1 saturated carbocycles. The number of hydrogen-bond donors (Lipinski definition) is 3. The molecule has 1 aliphatic carbocycles. The molecule has 0 unspecified atom stereocenters. The largest absolute Gasteiger partial charge is 0.398 e. The van der Waals surface area contributed by atoms with Crippen molar-refractivity contribution in [2.24, 2.45) is 5.41 Å². The van der Waals surface area contributed by atoms with E-state index in [2.05, 4.69) is 20.7 Å². The lowest BCUT2D eigenvalue weighted by Gasteiger charge is -2.26. The van der Waals surface area contributed by atoms with Gasteiger partial charge in [-0.25, -0.2) is 13.1 Å². The number of benzene rings is 1. The van der Waals surface area contributed by atoms with Crippen LogP contribution in [-0.2, 0) is 10.0 Å². The third-order valence-electron chi connectivity index (χ3n) is 3.92. The molecule has 20 heavy (non-hydrogen) atoms. The van der Waals surface area contributed by atoms with Crippen molar-refractivity contribution in [2.45, 2.75) is 30.6 Å². The van der Waals surface area contributed by atoms with Crippen molar-refractivity contribution in [3.63, 3.8) is 0 Å². The number of nitrogens with one attached hydrogen (secondary N) is 1. The van der Waals surface area contributed by atoms with Crippen LogP contribution < -0.4 is 10.5 Å². The Hall–Kier alpha value is -0.630. The summed E-state index contributed by atoms with van der Waals surface area (Å²) >= 11 is 3.22. The Balaban J connectivity index is 2.13. The highest BCUT2D eigenvalue weighted by atomic mass is 79.9. The third kappa shape index (κ3) is 3.33. The molecule has 0 spiro atoms. The van der Waals surface area contributed by atoms with Crippen LogP contribution in [0, 0.1) is 5.41 Å². The van der Waals surface area contributed by atoms with Crippen molar-refractivity contribution >= 4 is 31.6 Å². The molecule has 0 heterocycles. The summed E-state index contributed by atoms with van der Waals surface area (Å²) in [4.78, 5) is 0.171. The summed E-state index contributed by atoms with van der Waals surface area (Å²) in [7, 11) is -3.58. The van der Waals surface area contributed by atoms with Gasteiger partial charge in [-0.2, -0.15) is 0 Å². The van der Waals surface area contributed by atoms with E-state index in [1.54, 1.807) is 6.07 Å². The maximum atomic E-state index is 12.3. The lowest BCUT2D eigenvalue weighted by molar-refractivity contribution is 0.134. The van der Waals surface area contributed by atoms with Gasteiger partial charge in [0.1, 0.15) is 0 Å². The Morgan fingerprint density at radius 1 is 1.35 bits per heavy atom. The van der Waals surface area contributed by atoms with Crippen LogP contribution in [0.3, 0.4) is 0 Å². The molecule has 0 atom stereocenters. The first kappa shape index (κ1) is 15.8. The second kappa shape index (κ2) is 6.01. The fourth-order valence-corrected chi connectivity index (χ4v) is 4.24. The Morgan fingerprint density at radius 2 is 2.00 bits per heavy atom. The molecule has 0 radical (unpaired) electrons. The summed E-state index contributed by atoms with van der Waals surface area (Å²) in [5.41, 5.74) is 5.84. The first-order chi connectivity index (χ1) is 9.38. The molecule has 1 aliphatic rings. The highest BCUT2D eigenvalue weighted by Crippen LogP contribution is 2.37. The average Bonchev–Trinajstić information content (AvgIpc) is 2.89. The summed E-state index contributed by atoms with van der Waals surface area (Å²) in [5.74, 6) is 0. The normalized spacial score (nSPS) is 18.3. The van der Waals surface area contributed by atoms with Gasteiger partial charge in [0.2, 0.25) is 10.0 Å². The molecule has 7 heteroatoms. The Morgan fingerprint density at radius 3 is 2.55 bits per heavy atom. The zero-order chi connectivity index (χ0) is 14.8. The van der Waals surface area contributed by atoms with Crippen LogP contribution in [0.25, 0.3) is 0 Å². The summed E-state index contributed by atoms with van der Waals surface area (Å²) in [6, 6.07) is 4.51. The molecule has 5 nitrogen and oxygen atoms in total. The second-order valence-corrected chi connectivity index (χ2v) is 7.99. The lowest BCUT2D eigenvalue weighted by atomic mass is 9.88. The fraction of sp³-hybridized carbons (Fsp3) is 0.538. The van der Waals surface area contributed by atoms with Crippen LogP contribution in [0.4, 0.5) is 5.69 Å². The van der Waals surface area contributed by atoms with Gasteiger partial charge in [0.15, 0.2) is 0 Å². The van der Waals surface area contributed by atoms with Crippen molar-refractivity contribution in [2.75, 3.05) is 18.9 Å². The molecular formula is C13H19BrN2O3S. The van der Waals surface area contributed by atoms with E-state index in [0.717, 1.165) is 25.7 Å². The first-order valence-electron chi connectivity index (χ1n) is 6.54. The van der Waals surface area contributed by atoms with Gasteiger partial charge in [-0.05, 0) is 47.0 Å². The van der Waals surface area contributed by atoms with E-state index in [1.807, 2.05) is 0 Å². The molecule has 0 aliphatic heterocycles. The van der Waals surface area contributed by atoms with Crippen molar-refractivity contribution < 1.29 is 13.5 Å². The van der Waals surface area contributed by atoms with Crippen LogP contribution in [0.1, 0.15) is 25.7 Å². The number of aliphatic hydroxyl groups excluding tert-OH is 1. The standard InChI is InChI=1S/C13H19BrN2O3S/c14-11-7-10(3-4-12(11)15)20(18,19)16-8-13(9-17)5-1-2-6-13/h3-4,7,16-17H,1-2,5-6,8-9,15H2. The minimum absolute atomic E-state index is 0.0148. The van der Waals surface area contributed by atoms with Gasteiger partial charge in [-0.15, -0.1) is 0 Å². The van der Waals surface area contributed by atoms with E-state index in [1.165, 1.54) is 12.1 Å². The van der Waals surface area contributed by atoms with Crippen LogP contribution in [0.15, 0.2) is 27.6 Å². The third-order valence-corrected chi connectivity index (χ3v) is 6.00. The summed E-state index contributed by atoms with van der Waals surface area (Å²) in [6.07, 6.45) is 3.79. The van der Waals surface area contributed by atoms with Crippen LogP contribution in [0.5, 0.6) is 0 Å². The van der Waals surface area contributed by atoms with E-state index in [4.69, 9.17) is 5.73 Å². The van der Waals surface area contributed by atoms with Crippen molar-refractivity contribution in [3.05, 3.63) is 22.7 Å². The molecule has 2 rings (SSSR count). The summed E-state index contributed by atoms with van der Waals surface area (Å²) < 4.78 is 27.7. The first-order valence-corrected chi connectivity index (χ1v) is 8.82. The molecule has 0 amide bonds. The van der Waals surface area contributed by atoms with Gasteiger partial charge in [0.05, 0.1) is 4.90 Å². The van der Waals surface area contributed by atoms with Gasteiger partial charge < -0.3 is 10.8 Å². The number of hydrogen-bond acceptors (Lipinski definition) is 4. The Bertz CT molecular complexity index is 583. The number of sulfonamides is 1. The Kier molecular flexibility index (Phi) is 4.73. The number of rotatable bonds is 5. The van der Waals surface area contributed by atoms with Crippen molar-refractivity contribution in [3.8, 4) is 0 Å². The SMILES string of the molecule is Nc1ccc(S(=O)(=O)NCC2(CO)CCCC2)cc1Br. The molecule has 0 aromatic heterocycles. The second-order valence-electron chi connectivity index (χ2n) is 5.37. The van der Waals surface area contributed by atoms with E-state index in [-0.39, 0.29) is 23.5 Å². The fourth-order valence-electron chi connectivity index (χ4n) is 2.52. The predicted molar refractivity (Wildman–Crippen MR) is 81.7 cm³/mol. The molecule has 0 saturated heterocycles. The number of halogens is 1. The predicted octanol–water partition coefficient (Wildman–Crippen LogP) is 1.86. The molecule has 1 aromatic carbocycles. The quantitative estimate of drug-likeness (QED) is 0.697. The number of aliphatic hydroxyl groups is 1. The minimum atomic E-state index is -3.58. The van der Waals surface area contributed by atoms with Gasteiger partial charge in [-0.1, -0.05) is 12.8 Å². The number of nitrogen functional groups attached to an aromatic ring is 1. The van der Waals surface area contributed by atoms with E-state index < -0.39 is 10.0 Å². The van der Waals surface area contributed by atoms with Gasteiger partial charge in [0.25, 0.3) is 0 Å². The number of anilines is 1. The molecule has 4 N–H and O–H groups in total. The van der Waals surface area contributed by atoms with Crippen LogP contribution in [0.2, 0.25) is 0 Å². The Labute approximate surface area is 127 Å². The van der Waals surface area contributed by atoms with Crippen LogP contribution >= 0.6 is 15.9 Å². The summed E-state index contributed by atoms with van der Waals surface area (Å²) in [6.45, 7) is 0.286. The topological polar surface area (TPSA) is 92.4 Å². The molecule has 1 aromatic rings. The van der Waals surface area contributed by atoms with E-state index in [9.17, 15) is 13.5 Å². The van der Waals surface area contributed by atoms with Crippen molar-refractivity contribution in [1.82, 2.24) is 4.72 Å². The van der Waals surface area contributed by atoms with E-state index in [0.29, 0.717) is 10.2 Å². The monoisotopic (exact) mass is 362 g/mol. The zero-order valence-corrected chi connectivity index (χ0v) is 13.5. The summed E-state index contributed by atoms with van der Waals surface area (Å²) in [5, 5.41) is 9.51. The maximum absolute atomic E-state index is 12.3. The highest BCUT2D eigenvalue weighted by molar-refractivity contribution is 9.10. The molecule has 0 bridgehead atoms. The van der Waals surface area contributed by atoms with Crippen molar-refractivity contribution in [1.29, 1.82) is 0 Å². The maximum Gasteiger partial charge on any atom is 0.240 e.